The van der Waals surface area contributed by atoms with Crippen LogP contribution < -0.4 is 11.1 Å². The third-order valence-corrected chi connectivity index (χ3v) is 5.07. The molecule has 5 heteroatoms. The molecule has 1 heterocycles. The second-order valence-electron chi connectivity index (χ2n) is 6.38. The van der Waals surface area contributed by atoms with Gasteiger partial charge in [-0.3, -0.25) is 10.1 Å². The highest BCUT2D eigenvalue weighted by molar-refractivity contribution is 5.65. The summed E-state index contributed by atoms with van der Waals surface area (Å²) >= 11 is 0. The van der Waals surface area contributed by atoms with Crippen LogP contribution in [0.4, 0.5) is 11.4 Å². The number of hydrogen-bond donors (Lipinski definition) is 2. The van der Waals surface area contributed by atoms with Crippen LogP contribution in [0.3, 0.4) is 0 Å². The van der Waals surface area contributed by atoms with Crippen LogP contribution in [0.2, 0.25) is 0 Å². The molecule has 0 spiro atoms. The second kappa shape index (κ2) is 6.08. The van der Waals surface area contributed by atoms with E-state index in [0.717, 1.165) is 30.5 Å². The molecule has 1 aromatic rings. The number of piperidine rings is 1. The number of aryl methyl sites for hydroxylation is 1. The van der Waals surface area contributed by atoms with Crippen molar-refractivity contribution in [2.45, 2.75) is 45.1 Å². The van der Waals surface area contributed by atoms with E-state index in [1.165, 1.54) is 30.9 Å². The maximum atomic E-state index is 11.1. The van der Waals surface area contributed by atoms with Gasteiger partial charge >= 0.3 is 0 Å². The minimum absolute atomic E-state index is 0.0191. The molecule has 2 unspecified atom stereocenters. The van der Waals surface area contributed by atoms with Gasteiger partial charge in [-0.25, -0.2) is 0 Å². The Bertz CT molecular complexity index is 625. The van der Waals surface area contributed by atoms with E-state index < -0.39 is 4.92 Å². The van der Waals surface area contributed by atoms with E-state index in [0.29, 0.717) is 11.6 Å². The lowest BCUT2D eigenvalue weighted by Gasteiger charge is -2.36. The first-order chi connectivity index (χ1) is 10.6. The molecule has 118 valence electrons. The number of nitrogens with one attached hydrogen (secondary N) is 1. The first kappa shape index (κ1) is 15.0. The van der Waals surface area contributed by atoms with Crippen molar-refractivity contribution >= 4 is 11.4 Å². The molecule has 0 amide bonds. The van der Waals surface area contributed by atoms with E-state index in [4.69, 9.17) is 5.73 Å². The van der Waals surface area contributed by atoms with Crippen molar-refractivity contribution in [2.24, 2.45) is 5.92 Å². The average Bonchev–Trinajstić information content (AvgIpc) is 2.51. The Morgan fingerprint density at radius 2 is 2.23 bits per heavy atom. The minimum atomic E-state index is -0.394. The molecule has 2 atom stereocenters. The molecule has 2 aliphatic rings. The predicted octanol–water partition coefficient (Wildman–Crippen LogP) is 3.12. The fourth-order valence-corrected chi connectivity index (χ4v) is 3.84. The van der Waals surface area contributed by atoms with E-state index in [-0.39, 0.29) is 11.7 Å². The van der Waals surface area contributed by atoms with Crippen molar-refractivity contribution < 1.29 is 4.92 Å². The minimum Gasteiger partial charge on any atom is -0.393 e. The van der Waals surface area contributed by atoms with Gasteiger partial charge in [0.15, 0.2) is 0 Å². The Morgan fingerprint density at radius 3 is 3.00 bits per heavy atom. The Hall–Kier alpha value is -1.88. The van der Waals surface area contributed by atoms with Crippen molar-refractivity contribution in [2.75, 3.05) is 12.3 Å². The Kier molecular flexibility index (Phi) is 4.16. The summed E-state index contributed by atoms with van der Waals surface area (Å²) in [6.45, 7) is 2.99. The summed E-state index contributed by atoms with van der Waals surface area (Å²) in [7, 11) is 0. The first-order valence-corrected chi connectivity index (χ1v) is 8.03. The van der Waals surface area contributed by atoms with E-state index in [9.17, 15) is 10.1 Å². The normalized spacial score (nSPS) is 24.5. The molecule has 1 aromatic carbocycles. The van der Waals surface area contributed by atoms with Crippen LogP contribution in [0.1, 0.15) is 36.8 Å². The highest BCUT2D eigenvalue weighted by Gasteiger charge is 2.30. The van der Waals surface area contributed by atoms with Crippen LogP contribution in [0.15, 0.2) is 23.8 Å². The fraction of sp³-hybridized carbons (Fsp3) is 0.529. The molecule has 1 aliphatic carbocycles. The van der Waals surface area contributed by atoms with Gasteiger partial charge in [0.1, 0.15) is 5.69 Å². The molecule has 3 rings (SSSR count). The Labute approximate surface area is 130 Å². The smallest absolute Gasteiger partial charge is 0.292 e. The van der Waals surface area contributed by atoms with Crippen molar-refractivity contribution in [3.8, 4) is 0 Å². The fourth-order valence-electron chi connectivity index (χ4n) is 3.84. The van der Waals surface area contributed by atoms with E-state index in [1.54, 1.807) is 6.07 Å². The summed E-state index contributed by atoms with van der Waals surface area (Å²) in [5, 5.41) is 14.7. The summed E-state index contributed by atoms with van der Waals surface area (Å²) < 4.78 is 0. The van der Waals surface area contributed by atoms with Gasteiger partial charge < -0.3 is 11.1 Å². The third kappa shape index (κ3) is 2.73. The summed E-state index contributed by atoms with van der Waals surface area (Å²) in [5.41, 5.74) is 9.86. The van der Waals surface area contributed by atoms with Gasteiger partial charge in [0.05, 0.1) is 4.92 Å². The zero-order chi connectivity index (χ0) is 15.7. The molecule has 1 saturated heterocycles. The number of nitro groups is 1. The van der Waals surface area contributed by atoms with E-state index >= 15 is 0 Å². The van der Waals surface area contributed by atoms with Crippen LogP contribution in [0, 0.1) is 23.0 Å². The highest BCUT2D eigenvalue weighted by atomic mass is 16.6. The molecule has 0 bridgehead atoms. The van der Waals surface area contributed by atoms with Crippen LogP contribution >= 0.6 is 0 Å². The van der Waals surface area contributed by atoms with Crippen molar-refractivity contribution in [3.05, 3.63) is 45.0 Å². The van der Waals surface area contributed by atoms with Gasteiger partial charge in [0.25, 0.3) is 5.69 Å². The molecule has 1 aliphatic heterocycles. The number of allylic oxidation sites excluding steroid dienone is 1. The number of nitro benzene ring substituents is 1. The largest absolute Gasteiger partial charge is 0.393 e. The van der Waals surface area contributed by atoms with Gasteiger partial charge in [-0.2, -0.15) is 0 Å². The molecular weight excluding hydrogens is 278 g/mol. The standard InChI is InChI=1S/C17H23N3O2/c1-11-6-7-16(20(21)22)17(18)14(11)10-15-13-5-3-2-4-12(13)8-9-19-15/h5-7,12,15,19H,2-4,8-10,18H2,1H3. The van der Waals surface area contributed by atoms with E-state index in [1.807, 2.05) is 6.92 Å². The van der Waals surface area contributed by atoms with Gasteiger partial charge in [0.2, 0.25) is 0 Å². The SMILES string of the molecule is Cc1ccc([N+](=O)[O-])c(N)c1CC1NCCC2CCCC=C21. The number of nitrogens with two attached hydrogens (primary N) is 1. The molecular formula is C17H23N3O2. The van der Waals surface area contributed by atoms with Gasteiger partial charge in [0, 0.05) is 12.1 Å². The topological polar surface area (TPSA) is 81.2 Å². The lowest BCUT2D eigenvalue weighted by molar-refractivity contribution is -0.384. The van der Waals surface area contributed by atoms with Crippen LogP contribution in [-0.2, 0) is 6.42 Å². The molecule has 1 fully saturated rings. The number of hydrogen-bond acceptors (Lipinski definition) is 4. The maximum Gasteiger partial charge on any atom is 0.292 e. The number of fused-ring (bicyclic) bond motifs is 1. The zero-order valence-corrected chi connectivity index (χ0v) is 13.0. The lowest BCUT2D eigenvalue weighted by atomic mass is 9.77. The van der Waals surface area contributed by atoms with Crippen molar-refractivity contribution in [3.63, 3.8) is 0 Å². The molecule has 5 nitrogen and oxygen atoms in total. The number of rotatable bonds is 3. The summed E-state index contributed by atoms with van der Waals surface area (Å²) in [6, 6.07) is 3.58. The lowest BCUT2D eigenvalue weighted by Crippen LogP contribution is -2.42. The molecule has 0 saturated carbocycles. The molecule has 0 aromatic heterocycles. The Morgan fingerprint density at radius 1 is 1.41 bits per heavy atom. The Balaban J connectivity index is 1.91. The first-order valence-electron chi connectivity index (χ1n) is 8.03. The molecule has 0 radical (unpaired) electrons. The van der Waals surface area contributed by atoms with Crippen molar-refractivity contribution in [1.29, 1.82) is 0 Å². The van der Waals surface area contributed by atoms with Gasteiger partial charge in [-0.1, -0.05) is 17.7 Å². The van der Waals surface area contributed by atoms with Crippen molar-refractivity contribution in [1.82, 2.24) is 5.32 Å². The summed E-state index contributed by atoms with van der Waals surface area (Å²) in [6.07, 6.45) is 8.00. The monoisotopic (exact) mass is 301 g/mol. The molecule has 22 heavy (non-hydrogen) atoms. The number of benzene rings is 1. The summed E-state index contributed by atoms with van der Waals surface area (Å²) in [4.78, 5) is 10.7. The predicted molar refractivity (Wildman–Crippen MR) is 87.8 cm³/mol. The molecule has 3 N–H and O–H groups in total. The highest BCUT2D eigenvalue weighted by Crippen LogP contribution is 2.36. The van der Waals surface area contributed by atoms with Gasteiger partial charge in [-0.05, 0) is 62.6 Å². The number of nitrogen functional groups attached to an aromatic ring is 1. The second-order valence-corrected chi connectivity index (χ2v) is 6.38. The third-order valence-electron chi connectivity index (χ3n) is 5.07. The zero-order valence-electron chi connectivity index (χ0n) is 13.0. The number of anilines is 1. The maximum absolute atomic E-state index is 11.1. The summed E-state index contributed by atoms with van der Waals surface area (Å²) in [5.74, 6) is 0.681. The van der Waals surface area contributed by atoms with Crippen LogP contribution in [-0.4, -0.2) is 17.5 Å². The number of nitrogens with zero attached hydrogens (tertiary/aromatic N) is 1. The van der Waals surface area contributed by atoms with E-state index in [2.05, 4.69) is 11.4 Å². The van der Waals surface area contributed by atoms with Crippen LogP contribution in [0.25, 0.3) is 0 Å². The average molecular weight is 301 g/mol. The van der Waals surface area contributed by atoms with Crippen LogP contribution in [0.5, 0.6) is 0 Å². The quantitative estimate of drug-likeness (QED) is 0.389. The van der Waals surface area contributed by atoms with Gasteiger partial charge in [-0.15, -0.1) is 0 Å².